The van der Waals surface area contributed by atoms with E-state index in [-0.39, 0.29) is 18.4 Å². The summed E-state index contributed by atoms with van der Waals surface area (Å²) in [4.78, 5) is 13.6. The van der Waals surface area contributed by atoms with Gasteiger partial charge in [0, 0.05) is 35.7 Å². The van der Waals surface area contributed by atoms with Gasteiger partial charge in [0.05, 0.1) is 5.02 Å². The van der Waals surface area contributed by atoms with E-state index in [0.717, 1.165) is 15.7 Å². The van der Waals surface area contributed by atoms with Gasteiger partial charge in [-0.25, -0.2) is 0 Å². The minimum absolute atomic E-state index is 0.0318. The molecule has 0 spiro atoms. The van der Waals surface area contributed by atoms with E-state index >= 15 is 0 Å². The first-order valence-corrected chi connectivity index (χ1v) is 6.57. The molecule has 1 fully saturated rings. The number of benzene rings is 1. The highest BCUT2D eigenvalue weighted by Crippen LogP contribution is 2.35. The maximum Gasteiger partial charge on any atom is 0.227 e. The van der Waals surface area contributed by atoms with Crippen molar-refractivity contribution in [2.75, 3.05) is 18.1 Å². The topological polar surface area (TPSA) is 40.5 Å². The Kier molecular flexibility index (Phi) is 3.76. The second-order valence-corrected chi connectivity index (χ2v) is 5.49. The Hall–Kier alpha value is -0.580. The van der Waals surface area contributed by atoms with Crippen LogP contribution in [0.3, 0.4) is 0 Å². The standard InChI is InChI=1S/C12H13BrClNO2/c1-7-10(3-2-9(13)12(7)14)15-5-8(6-16)4-11(15)17/h2-3,8,16H,4-6H2,1H3. The van der Waals surface area contributed by atoms with Gasteiger partial charge in [0.25, 0.3) is 0 Å². The molecule has 1 N–H and O–H groups in total. The molecular formula is C12H13BrClNO2. The SMILES string of the molecule is Cc1c(N2CC(CO)CC2=O)ccc(Br)c1Cl. The zero-order valence-corrected chi connectivity index (χ0v) is 11.8. The van der Waals surface area contributed by atoms with Crippen molar-refractivity contribution in [2.45, 2.75) is 13.3 Å². The number of aliphatic hydroxyl groups excluding tert-OH is 1. The summed E-state index contributed by atoms with van der Waals surface area (Å²) in [5.74, 6) is 0.0786. The number of anilines is 1. The molecule has 1 saturated heterocycles. The lowest BCUT2D eigenvalue weighted by Crippen LogP contribution is -2.25. The fraction of sp³-hybridized carbons (Fsp3) is 0.417. The summed E-state index contributed by atoms with van der Waals surface area (Å²) >= 11 is 9.50. The monoisotopic (exact) mass is 317 g/mol. The molecule has 5 heteroatoms. The van der Waals surface area contributed by atoms with Gasteiger partial charge >= 0.3 is 0 Å². The van der Waals surface area contributed by atoms with Crippen molar-refractivity contribution in [1.29, 1.82) is 0 Å². The van der Waals surface area contributed by atoms with Crippen molar-refractivity contribution in [3.63, 3.8) is 0 Å². The Balaban J connectivity index is 2.35. The van der Waals surface area contributed by atoms with Gasteiger partial charge in [-0.2, -0.15) is 0 Å². The van der Waals surface area contributed by atoms with E-state index in [1.54, 1.807) is 4.90 Å². The van der Waals surface area contributed by atoms with E-state index in [4.69, 9.17) is 16.7 Å². The molecule has 2 rings (SSSR count). The summed E-state index contributed by atoms with van der Waals surface area (Å²) in [5, 5.41) is 9.73. The molecule has 1 amide bonds. The van der Waals surface area contributed by atoms with Crippen LogP contribution in [-0.2, 0) is 4.79 Å². The fourth-order valence-corrected chi connectivity index (χ4v) is 2.66. The molecule has 1 aliphatic rings. The maximum atomic E-state index is 11.9. The molecule has 1 atom stereocenters. The highest BCUT2D eigenvalue weighted by Gasteiger charge is 2.31. The number of halogens is 2. The predicted molar refractivity (Wildman–Crippen MR) is 71.4 cm³/mol. The van der Waals surface area contributed by atoms with Crippen LogP contribution in [-0.4, -0.2) is 24.2 Å². The maximum absolute atomic E-state index is 11.9. The first kappa shape index (κ1) is 12.9. The zero-order chi connectivity index (χ0) is 12.6. The molecule has 1 unspecified atom stereocenters. The lowest BCUT2D eigenvalue weighted by molar-refractivity contribution is -0.117. The highest BCUT2D eigenvalue weighted by atomic mass is 79.9. The summed E-state index contributed by atoms with van der Waals surface area (Å²) in [5.41, 5.74) is 1.71. The van der Waals surface area contributed by atoms with E-state index in [9.17, 15) is 4.79 Å². The molecule has 0 bridgehead atoms. The van der Waals surface area contributed by atoms with Crippen molar-refractivity contribution in [3.05, 3.63) is 27.2 Å². The minimum Gasteiger partial charge on any atom is -0.396 e. The van der Waals surface area contributed by atoms with Crippen LogP contribution in [0.2, 0.25) is 5.02 Å². The molecule has 3 nitrogen and oxygen atoms in total. The van der Waals surface area contributed by atoms with Gasteiger partial charge in [0.1, 0.15) is 0 Å². The number of aliphatic hydroxyl groups is 1. The van der Waals surface area contributed by atoms with Crippen LogP contribution < -0.4 is 4.90 Å². The largest absolute Gasteiger partial charge is 0.396 e. The van der Waals surface area contributed by atoms with E-state index < -0.39 is 0 Å². The first-order valence-electron chi connectivity index (χ1n) is 5.40. The van der Waals surface area contributed by atoms with Crippen LogP contribution in [0.5, 0.6) is 0 Å². The third-order valence-electron chi connectivity index (χ3n) is 3.06. The molecule has 1 aromatic rings. The van der Waals surface area contributed by atoms with Crippen molar-refractivity contribution >= 4 is 39.1 Å². The van der Waals surface area contributed by atoms with Gasteiger partial charge in [0.15, 0.2) is 0 Å². The van der Waals surface area contributed by atoms with Gasteiger partial charge in [-0.3, -0.25) is 4.79 Å². The number of carbonyl (C=O) groups excluding carboxylic acids is 1. The second-order valence-electron chi connectivity index (χ2n) is 4.26. The van der Waals surface area contributed by atoms with Crippen LogP contribution in [0, 0.1) is 12.8 Å². The van der Waals surface area contributed by atoms with E-state index in [2.05, 4.69) is 15.9 Å². The molecular weight excluding hydrogens is 305 g/mol. The third kappa shape index (κ3) is 2.34. The second kappa shape index (κ2) is 4.96. The Morgan fingerprint density at radius 3 is 2.88 bits per heavy atom. The predicted octanol–water partition coefficient (Wildman–Crippen LogP) is 2.76. The summed E-state index contributed by atoms with van der Waals surface area (Å²) in [6.07, 6.45) is 0.406. The van der Waals surface area contributed by atoms with E-state index in [0.29, 0.717) is 18.0 Å². The van der Waals surface area contributed by atoms with Gasteiger partial charge < -0.3 is 10.0 Å². The number of hydrogen-bond acceptors (Lipinski definition) is 2. The lowest BCUT2D eigenvalue weighted by atomic mass is 10.1. The van der Waals surface area contributed by atoms with Crippen LogP contribution >= 0.6 is 27.5 Å². The smallest absolute Gasteiger partial charge is 0.227 e. The van der Waals surface area contributed by atoms with Gasteiger partial charge in [-0.15, -0.1) is 0 Å². The molecule has 1 aliphatic heterocycles. The number of hydrogen-bond donors (Lipinski definition) is 1. The average Bonchev–Trinajstić information content (AvgIpc) is 2.68. The molecule has 17 heavy (non-hydrogen) atoms. The molecule has 1 aromatic carbocycles. The average molecular weight is 319 g/mol. The highest BCUT2D eigenvalue weighted by molar-refractivity contribution is 9.10. The summed E-state index contributed by atoms with van der Waals surface area (Å²) in [7, 11) is 0. The van der Waals surface area contributed by atoms with Crippen LogP contribution in [0.1, 0.15) is 12.0 Å². The minimum atomic E-state index is 0.0318. The van der Waals surface area contributed by atoms with Crippen molar-refractivity contribution in [1.82, 2.24) is 0 Å². The number of rotatable bonds is 2. The van der Waals surface area contributed by atoms with E-state index in [1.165, 1.54) is 0 Å². The first-order chi connectivity index (χ1) is 8.04. The molecule has 92 valence electrons. The molecule has 0 saturated carbocycles. The number of nitrogens with zero attached hydrogens (tertiary/aromatic N) is 1. The molecule has 0 aromatic heterocycles. The summed E-state index contributed by atoms with van der Waals surface area (Å²) in [6.45, 7) is 2.50. The van der Waals surface area contributed by atoms with Crippen LogP contribution in [0.4, 0.5) is 5.69 Å². The molecule has 0 aliphatic carbocycles. The van der Waals surface area contributed by atoms with Gasteiger partial charge in [-0.1, -0.05) is 11.6 Å². The number of amides is 1. The van der Waals surface area contributed by atoms with Crippen molar-refractivity contribution in [2.24, 2.45) is 5.92 Å². The third-order valence-corrected chi connectivity index (χ3v) is 4.44. The van der Waals surface area contributed by atoms with Crippen LogP contribution in [0.25, 0.3) is 0 Å². The molecule has 0 radical (unpaired) electrons. The zero-order valence-electron chi connectivity index (χ0n) is 9.41. The van der Waals surface area contributed by atoms with Gasteiger partial charge in [0.2, 0.25) is 5.91 Å². The van der Waals surface area contributed by atoms with Crippen molar-refractivity contribution < 1.29 is 9.90 Å². The van der Waals surface area contributed by atoms with Crippen molar-refractivity contribution in [3.8, 4) is 0 Å². The summed E-state index contributed by atoms with van der Waals surface area (Å²) < 4.78 is 0.825. The Morgan fingerprint density at radius 2 is 2.29 bits per heavy atom. The van der Waals surface area contributed by atoms with Gasteiger partial charge in [-0.05, 0) is 40.5 Å². The molecule has 1 heterocycles. The fourth-order valence-electron chi connectivity index (χ4n) is 2.07. The van der Waals surface area contributed by atoms with Crippen LogP contribution in [0.15, 0.2) is 16.6 Å². The Morgan fingerprint density at radius 1 is 1.59 bits per heavy atom. The Bertz CT molecular complexity index is 464. The Labute approximate surface area is 114 Å². The number of carbonyl (C=O) groups is 1. The summed E-state index contributed by atoms with van der Waals surface area (Å²) in [6, 6.07) is 3.72. The van der Waals surface area contributed by atoms with E-state index in [1.807, 2.05) is 19.1 Å². The quantitative estimate of drug-likeness (QED) is 0.911. The normalized spacial score (nSPS) is 20.1. The lowest BCUT2D eigenvalue weighted by Gasteiger charge is -2.20.